The molecule has 0 heterocycles. The van der Waals surface area contributed by atoms with E-state index < -0.39 is 0 Å². The highest BCUT2D eigenvalue weighted by molar-refractivity contribution is 5.23. The second-order valence-electron chi connectivity index (χ2n) is 5.21. The van der Waals surface area contributed by atoms with Crippen LogP contribution in [0.1, 0.15) is 23.1 Å². The Morgan fingerprint density at radius 1 is 0.714 bits per heavy atom. The normalized spacial score (nSPS) is 10.2. The predicted octanol–water partition coefficient (Wildman–Crippen LogP) is 3.52. The van der Waals surface area contributed by atoms with Gasteiger partial charge in [-0.3, -0.25) is 0 Å². The summed E-state index contributed by atoms with van der Waals surface area (Å²) in [6.07, 6.45) is 3.58. The molecule has 2 heteroatoms. The summed E-state index contributed by atoms with van der Waals surface area (Å²) in [5.74, 6) is 0. The van der Waals surface area contributed by atoms with Gasteiger partial charge in [0, 0.05) is 6.42 Å². The van der Waals surface area contributed by atoms with Crippen molar-refractivity contribution >= 4 is 0 Å². The van der Waals surface area contributed by atoms with Gasteiger partial charge in [0.05, 0.1) is 6.07 Å². The summed E-state index contributed by atoms with van der Waals surface area (Å²) in [5, 5.41) is 12.1. The van der Waals surface area contributed by atoms with Gasteiger partial charge in [-0.1, -0.05) is 54.6 Å². The first-order chi connectivity index (χ1) is 10.4. The molecule has 0 unspecified atom stereocenters. The van der Waals surface area contributed by atoms with Gasteiger partial charge in [-0.05, 0) is 49.0 Å². The summed E-state index contributed by atoms with van der Waals surface area (Å²) in [4.78, 5) is 0. The lowest BCUT2D eigenvalue weighted by atomic mass is 10.1. The smallest absolute Gasteiger partial charge is 0.0625 e. The van der Waals surface area contributed by atoms with Crippen molar-refractivity contribution in [1.29, 1.82) is 5.26 Å². The molecule has 0 fully saturated rings. The largest absolute Gasteiger partial charge is 0.316 e. The minimum absolute atomic E-state index is 0.598. The van der Waals surface area contributed by atoms with Crippen LogP contribution in [-0.4, -0.2) is 13.1 Å². The van der Waals surface area contributed by atoms with Gasteiger partial charge < -0.3 is 5.32 Å². The maximum atomic E-state index is 8.57. The Balaban J connectivity index is 1.63. The number of hydrogen-bond donors (Lipinski definition) is 1. The molecular formula is C19H22N2. The molecule has 1 N–H and O–H groups in total. The van der Waals surface area contributed by atoms with Crippen LogP contribution in [0.4, 0.5) is 0 Å². The average molecular weight is 278 g/mol. The van der Waals surface area contributed by atoms with E-state index in [1.165, 1.54) is 16.7 Å². The van der Waals surface area contributed by atoms with E-state index in [1.54, 1.807) is 0 Å². The summed E-state index contributed by atoms with van der Waals surface area (Å²) in [6, 6.07) is 21.4. The van der Waals surface area contributed by atoms with E-state index in [0.29, 0.717) is 6.42 Å². The summed E-state index contributed by atoms with van der Waals surface area (Å²) in [5.41, 5.74) is 3.98. The van der Waals surface area contributed by atoms with Crippen LogP contribution in [-0.2, 0) is 19.3 Å². The van der Waals surface area contributed by atoms with Crippen LogP contribution in [0, 0.1) is 11.3 Å². The fourth-order valence-electron chi connectivity index (χ4n) is 2.31. The fourth-order valence-corrected chi connectivity index (χ4v) is 2.31. The Bertz CT molecular complexity index is 552. The van der Waals surface area contributed by atoms with Crippen molar-refractivity contribution in [1.82, 2.24) is 5.32 Å². The highest BCUT2D eigenvalue weighted by Crippen LogP contribution is 2.07. The zero-order valence-electron chi connectivity index (χ0n) is 12.4. The summed E-state index contributed by atoms with van der Waals surface area (Å²) in [6.45, 7) is 2.02. The standard InChI is InChI=1S/C19H22N2/c20-14-4-7-18-8-10-19(11-9-18)13-16-21-15-12-17-5-2-1-3-6-17/h1-3,5-6,8-11,21H,4,7,12-13,15-16H2. The summed E-state index contributed by atoms with van der Waals surface area (Å²) < 4.78 is 0. The Morgan fingerprint density at radius 3 is 1.81 bits per heavy atom. The van der Waals surface area contributed by atoms with Crippen molar-refractivity contribution in [3.63, 3.8) is 0 Å². The lowest BCUT2D eigenvalue weighted by Crippen LogP contribution is -2.20. The van der Waals surface area contributed by atoms with Gasteiger partial charge in [-0.25, -0.2) is 0 Å². The van der Waals surface area contributed by atoms with Crippen molar-refractivity contribution < 1.29 is 0 Å². The van der Waals surface area contributed by atoms with E-state index >= 15 is 0 Å². The van der Waals surface area contributed by atoms with E-state index in [2.05, 4.69) is 66.0 Å². The highest BCUT2D eigenvalue weighted by atomic mass is 14.8. The van der Waals surface area contributed by atoms with Gasteiger partial charge in [-0.2, -0.15) is 5.26 Å². The van der Waals surface area contributed by atoms with E-state index in [4.69, 9.17) is 5.26 Å². The van der Waals surface area contributed by atoms with Gasteiger partial charge in [0.2, 0.25) is 0 Å². The third kappa shape index (κ3) is 5.81. The second kappa shape index (κ2) is 8.94. The van der Waals surface area contributed by atoms with Crippen LogP contribution < -0.4 is 5.32 Å². The van der Waals surface area contributed by atoms with E-state index in [0.717, 1.165) is 32.4 Å². The first-order valence-corrected chi connectivity index (χ1v) is 7.58. The van der Waals surface area contributed by atoms with Crippen LogP contribution in [0.25, 0.3) is 0 Å². The van der Waals surface area contributed by atoms with Gasteiger partial charge in [-0.15, -0.1) is 0 Å². The lowest BCUT2D eigenvalue weighted by molar-refractivity contribution is 0.681. The second-order valence-corrected chi connectivity index (χ2v) is 5.21. The number of nitrogens with zero attached hydrogens (tertiary/aromatic N) is 1. The molecule has 2 rings (SSSR count). The molecule has 2 aromatic rings. The zero-order valence-corrected chi connectivity index (χ0v) is 12.4. The maximum Gasteiger partial charge on any atom is 0.0625 e. The first kappa shape index (κ1) is 15.3. The minimum Gasteiger partial charge on any atom is -0.316 e. The third-order valence-corrected chi connectivity index (χ3v) is 3.57. The van der Waals surface area contributed by atoms with Gasteiger partial charge in [0.25, 0.3) is 0 Å². The molecule has 0 saturated heterocycles. The molecule has 0 aliphatic rings. The van der Waals surface area contributed by atoms with Crippen LogP contribution in [0.3, 0.4) is 0 Å². The molecule has 21 heavy (non-hydrogen) atoms. The number of nitriles is 1. The number of nitrogens with one attached hydrogen (secondary N) is 1. The van der Waals surface area contributed by atoms with Crippen LogP contribution in [0.2, 0.25) is 0 Å². The summed E-state index contributed by atoms with van der Waals surface area (Å²) in [7, 11) is 0. The zero-order chi connectivity index (χ0) is 14.8. The van der Waals surface area contributed by atoms with Crippen LogP contribution >= 0.6 is 0 Å². The lowest BCUT2D eigenvalue weighted by Gasteiger charge is -2.06. The quantitative estimate of drug-likeness (QED) is 0.750. The fraction of sp³-hybridized carbons (Fsp3) is 0.316. The van der Waals surface area contributed by atoms with E-state index in [9.17, 15) is 0 Å². The van der Waals surface area contributed by atoms with Crippen molar-refractivity contribution in [3.05, 3.63) is 71.3 Å². The Kier molecular flexibility index (Phi) is 6.51. The number of benzene rings is 2. The minimum atomic E-state index is 0.598. The SMILES string of the molecule is N#CCCc1ccc(CCNCCc2ccccc2)cc1. The van der Waals surface area contributed by atoms with Gasteiger partial charge in [0.1, 0.15) is 0 Å². The van der Waals surface area contributed by atoms with Crippen LogP contribution in [0.15, 0.2) is 54.6 Å². The Morgan fingerprint density at radius 2 is 1.24 bits per heavy atom. The number of rotatable bonds is 8. The molecular weight excluding hydrogens is 256 g/mol. The Labute approximate surface area is 127 Å². The molecule has 0 aliphatic carbocycles. The number of aryl methyl sites for hydroxylation is 1. The molecule has 0 atom stereocenters. The topological polar surface area (TPSA) is 35.8 Å². The maximum absolute atomic E-state index is 8.57. The molecule has 2 nitrogen and oxygen atoms in total. The molecule has 0 amide bonds. The van der Waals surface area contributed by atoms with Crippen molar-refractivity contribution in [2.24, 2.45) is 0 Å². The highest BCUT2D eigenvalue weighted by Gasteiger charge is 1.96. The van der Waals surface area contributed by atoms with E-state index in [-0.39, 0.29) is 0 Å². The molecule has 0 bridgehead atoms. The van der Waals surface area contributed by atoms with Crippen molar-refractivity contribution in [2.45, 2.75) is 25.7 Å². The van der Waals surface area contributed by atoms with Crippen LogP contribution in [0.5, 0.6) is 0 Å². The molecule has 0 spiro atoms. The predicted molar refractivity (Wildman–Crippen MR) is 87.1 cm³/mol. The molecule has 0 aromatic heterocycles. The Hall–Kier alpha value is -2.11. The van der Waals surface area contributed by atoms with Gasteiger partial charge in [0.15, 0.2) is 0 Å². The average Bonchev–Trinajstić information content (AvgIpc) is 2.55. The molecule has 0 radical (unpaired) electrons. The third-order valence-electron chi connectivity index (χ3n) is 3.57. The molecule has 0 aliphatic heterocycles. The van der Waals surface area contributed by atoms with Crippen molar-refractivity contribution in [3.8, 4) is 6.07 Å². The molecule has 2 aromatic carbocycles. The van der Waals surface area contributed by atoms with Crippen molar-refractivity contribution in [2.75, 3.05) is 13.1 Å². The van der Waals surface area contributed by atoms with Gasteiger partial charge >= 0.3 is 0 Å². The number of hydrogen-bond acceptors (Lipinski definition) is 2. The molecule has 0 saturated carbocycles. The first-order valence-electron chi connectivity index (χ1n) is 7.58. The monoisotopic (exact) mass is 278 g/mol. The van der Waals surface area contributed by atoms with E-state index in [1.807, 2.05) is 0 Å². The molecule has 108 valence electrons. The summed E-state index contributed by atoms with van der Waals surface area (Å²) >= 11 is 0.